The summed E-state index contributed by atoms with van der Waals surface area (Å²) in [4.78, 5) is 0.885. The van der Waals surface area contributed by atoms with Crippen molar-refractivity contribution in [2.45, 2.75) is 36.1 Å². The molecule has 1 aromatic heterocycles. The molecule has 1 fully saturated rings. The highest BCUT2D eigenvalue weighted by Gasteiger charge is 2.41. The van der Waals surface area contributed by atoms with E-state index >= 15 is 0 Å². The lowest BCUT2D eigenvalue weighted by molar-refractivity contribution is 0.560. The third-order valence-electron chi connectivity index (χ3n) is 2.48. The van der Waals surface area contributed by atoms with Crippen LogP contribution in [0.2, 0.25) is 0 Å². The van der Waals surface area contributed by atoms with Crippen LogP contribution in [0.3, 0.4) is 0 Å². The summed E-state index contributed by atoms with van der Waals surface area (Å²) >= 11 is 1.23. The van der Waals surface area contributed by atoms with E-state index < -0.39 is 10.0 Å². The van der Waals surface area contributed by atoms with Crippen molar-refractivity contribution in [1.29, 1.82) is 0 Å². The maximum absolute atomic E-state index is 11.9. The quantitative estimate of drug-likeness (QED) is 0.833. The maximum Gasteiger partial charge on any atom is 0.250 e. The van der Waals surface area contributed by atoms with Crippen molar-refractivity contribution < 1.29 is 8.42 Å². The minimum Gasteiger partial charge on any atom is -0.326 e. The molecule has 1 heterocycles. The third kappa shape index (κ3) is 2.39. The van der Waals surface area contributed by atoms with E-state index in [1.54, 1.807) is 12.1 Å². The van der Waals surface area contributed by atoms with E-state index in [4.69, 9.17) is 5.73 Å². The lowest BCUT2D eigenvalue weighted by Gasteiger charge is -2.10. The monoisotopic (exact) mass is 246 g/mol. The Bertz CT molecular complexity index is 460. The summed E-state index contributed by atoms with van der Waals surface area (Å²) in [5, 5.41) is 0. The Morgan fingerprint density at radius 1 is 1.53 bits per heavy atom. The minimum absolute atomic E-state index is 0.217. The summed E-state index contributed by atoms with van der Waals surface area (Å²) in [6, 6.07) is 3.37. The Labute approximate surface area is 93.5 Å². The highest BCUT2D eigenvalue weighted by Crippen LogP contribution is 2.36. The van der Waals surface area contributed by atoms with Crippen LogP contribution in [-0.2, 0) is 16.6 Å². The van der Waals surface area contributed by atoms with Gasteiger partial charge in [0.15, 0.2) is 0 Å². The minimum atomic E-state index is -3.33. The van der Waals surface area contributed by atoms with Gasteiger partial charge in [0.1, 0.15) is 4.21 Å². The van der Waals surface area contributed by atoms with Gasteiger partial charge < -0.3 is 5.73 Å². The van der Waals surface area contributed by atoms with Gasteiger partial charge in [-0.25, -0.2) is 13.1 Å². The third-order valence-corrected chi connectivity index (χ3v) is 5.72. The predicted molar refractivity (Wildman–Crippen MR) is 60.2 cm³/mol. The fourth-order valence-corrected chi connectivity index (χ4v) is 3.98. The molecule has 0 amide bonds. The normalized spacial score (nSPS) is 19.1. The molecule has 6 heteroatoms. The molecule has 15 heavy (non-hydrogen) atoms. The van der Waals surface area contributed by atoms with Crippen molar-refractivity contribution in [3.05, 3.63) is 17.0 Å². The zero-order chi connectivity index (χ0) is 11.1. The van der Waals surface area contributed by atoms with Crippen LogP contribution in [0.1, 0.15) is 24.6 Å². The van der Waals surface area contributed by atoms with E-state index in [0.29, 0.717) is 10.8 Å². The van der Waals surface area contributed by atoms with E-state index in [9.17, 15) is 8.42 Å². The van der Waals surface area contributed by atoms with Crippen LogP contribution < -0.4 is 10.5 Å². The van der Waals surface area contributed by atoms with Gasteiger partial charge in [0, 0.05) is 17.0 Å². The summed E-state index contributed by atoms with van der Waals surface area (Å²) < 4.78 is 26.8. The topological polar surface area (TPSA) is 72.2 Å². The molecule has 1 aliphatic rings. The molecule has 0 bridgehead atoms. The molecule has 0 saturated heterocycles. The van der Waals surface area contributed by atoms with Gasteiger partial charge in [-0.2, -0.15) is 0 Å². The number of sulfonamides is 1. The molecule has 2 rings (SSSR count). The van der Waals surface area contributed by atoms with E-state index in [1.165, 1.54) is 11.3 Å². The Morgan fingerprint density at radius 3 is 2.67 bits per heavy atom. The lowest BCUT2D eigenvalue weighted by atomic mass is 10.4. The highest BCUT2D eigenvalue weighted by atomic mass is 32.2. The van der Waals surface area contributed by atoms with Crippen LogP contribution in [-0.4, -0.2) is 14.0 Å². The van der Waals surface area contributed by atoms with Crippen molar-refractivity contribution in [2.75, 3.05) is 0 Å². The van der Waals surface area contributed by atoms with Gasteiger partial charge in [-0.3, -0.25) is 0 Å². The molecule has 84 valence electrons. The Balaban J connectivity index is 2.21. The first-order valence-electron chi connectivity index (χ1n) is 4.78. The van der Waals surface area contributed by atoms with Crippen molar-refractivity contribution >= 4 is 21.4 Å². The van der Waals surface area contributed by atoms with Crippen LogP contribution in [0.25, 0.3) is 0 Å². The largest absolute Gasteiger partial charge is 0.326 e. The second-order valence-corrected chi connectivity index (χ2v) is 7.17. The fourth-order valence-electron chi connectivity index (χ4n) is 1.28. The number of nitrogens with two attached hydrogens (primary N) is 1. The molecule has 1 saturated carbocycles. The first kappa shape index (κ1) is 11.1. The van der Waals surface area contributed by atoms with Crippen LogP contribution in [0, 0.1) is 0 Å². The summed E-state index contributed by atoms with van der Waals surface area (Å²) in [5.74, 6) is 0. The molecule has 0 radical (unpaired) electrons. The first-order chi connectivity index (χ1) is 6.95. The number of nitrogens with one attached hydrogen (secondary N) is 1. The Hall–Kier alpha value is -0.430. The molecule has 0 aromatic carbocycles. The molecule has 1 aliphatic carbocycles. The molecule has 0 unspecified atom stereocenters. The summed E-state index contributed by atoms with van der Waals surface area (Å²) in [7, 11) is -3.33. The van der Waals surface area contributed by atoms with Gasteiger partial charge in [-0.1, -0.05) is 0 Å². The molecular formula is C9H14N2O2S2. The van der Waals surface area contributed by atoms with E-state index in [2.05, 4.69) is 4.72 Å². The van der Waals surface area contributed by atoms with Gasteiger partial charge in [-0.05, 0) is 31.9 Å². The van der Waals surface area contributed by atoms with Crippen molar-refractivity contribution in [1.82, 2.24) is 4.72 Å². The maximum atomic E-state index is 11.9. The SMILES string of the molecule is CC1(NS(=O)(=O)c2ccc(CN)s2)CC1. The van der Waals surface area contributed by atoms with Gasteiger partial charge in [0.25, 0.3) is 10.0 Å². The van der Waals surface area contributed by atoms with Crippen molar-refractivity contribution in [3.63, 3.8) is 0 Å². The lowest BCUT2D eigenvalue weighted by Crippen LogP contribution is -2.33. The Morgan fingerprint density at radius 2 is 2.20 bits per heavy atom. The van der Waals surface area contributed by atoms with Gasteiger partial charge >= 0.3 is 0 Å². The van der Waals surface area contributed by atoms with Crippen LogP contribution >= 0.6 is 11.3 Å². The number of hydrogen-bond acceptors (Lipinski definition) is 4. The smallest absolute Gasteiger partial charge is 0.250 e. The van der Waals surface area contributed by atoms with Crippen molar-refractivity contribution in [3.8, 4) is 0 Å². The number of thiophene rings is 1. The van der Waals surface area contributed by atoms with Gasteiger partial charge in [-0.15, -0.1) is 11.3 Å². The number of hydrogen-bond donors (Lipinski definition) is 2. The van der Waals surface area contributed by atoms with E-state index in [1.807, 2.05) is 6.92 Å². The first-order valence-corrected chi connectivity index (χ1v) is 7.08. The molecular weight excluding hydrogens is 232 g/mol. The van der Waals surface area contributed by atoms with Gasteiger partial charge in [0.05, 0.1) is 0 Å². The van der Waals surface area contributed by atoms with E-state index in [0.717, 1.165) is 17.7 Å². The zero-order valence-corrected chi connectivity index (χ0v) is 10.1. The van der Waals surface area contributed by atoms with E-state index in [-0.39, 0.29) is 5.54 Å². The second kappa shape index (κ2) is 3.55. The second-order valence-electron chi connectivity index (χ2n) is 4.09. The molecule has 3 N–H and O–H groups in total. The molecule has 1 aromatic rings. The average Bonchev–Trinajstić information content (AvgIpc) is 2.71. The Kier molecular flexibility index (Phi) is 2.62. The number of rotatable bonds is 4. The standard InChI is InChI=1S/C9H14N2O2S2/c1-9(4-5-9)11-15(12,13)8-3-2-7(6-10)14-8/h2-3,11H,4-6,10H2,1H3. The average molecular weight is 246 g/mol. The van der Waals surface area contributed by atoms with Crippen LogP contribution in [0.15, 0.2) is 16.3 Å². The summed E-state index contributed by atoms with van der Waals surface area (Å²) in [6.45, 7) is 2.31. The van der Waals surface area contributed by atoms with Gasteiger partial charge in [0.2, 0.25) is 0 Å². The summed E-state index contributed by atoms with van der Waals surface area (Å²) in [5.41, 5.74) is 5.22. The predicted octanol–water partition coefficient (Wildman–Crippen LogP) is 1.04. The molecule has 0 aliphatic heterocycles. The fraction of sp³-hybridized carbons (Fsp3) is 0.556. The summed E-state index contributed by atoms with van der Waals surface area (Å²) in [6.07, 6.45) is 1.84. The van der Waals surface area contributed by atoms with Crippen molar-refractivity contribution in [2.24, 2.45) is 5.73 Å². The highest BCUT2D eigenvalue weighted by molar-refractivity contribution is 7.91. The van der Waals surface area contributed by atoms with Crippen LogP contribution in [0.5, 0.6) is 0 Å². The zero-order valence-electron chi connectivity index (χ0n) is 8.49. The van der Waals surface area contributed by atoms with Crippen LogP contribution in [0.4, 0.5) is 0 Å². The molecule has 0 atom stereocenters. The molecule has 4 nitrogen and oxygen atoms in total. The molecule has 0 spiro atoms.